The molecule has 7 nitrogen and oxygen atoms in total. The van der Waals surface area contributed by atoms with Crippen LogP contribution in [0.5, 0.6) is 5.75 Å². The number of hydrogen-bond donors (Lipinski definition) is 2. The van der Waals surface area contributed by atoms with E-state index in [9.17, 15) is 14.4 Å². The smallest absolute Gasteiger partial charge is 0.336 e. The highest BCUT2D eigenvalue weighted by Crippen LogP contribution is 2.12. The van der Waals surface area contributed by atoms with E-state index in [1.807, 2.05) is 43.3 Å². The Bertz CT molecular complexity index is 1150. The number of hydrogen-bond acceptors (Lipinski definition) is 5. The van der Waals surface area contributed by atoms with Crippen LogP contribution in [0.1, 0.15) is 16.7 Å². The van der Waals surface area contributed by atoms with Crippen molar-refractivity contribution < 1.29 is 19.1 Å². The Morgan fingerprint density at radius 2 is 1.59 bits per heavy atom. The second-order valence-electron chi connectivity index (χ2n) is 6.76. The summed E-state index contributed by atoms with van der Waals surface area (Å²) in [6.07, 6.45) is 4.39. The molecule has 0 saturated carbocycles. The highest BCUT2D eigenvalue weighted by atomic mass is 16.5. The lowest BCUT2D eigenvalue weighted by Crippen LogP contribution is -2.32. The predicted octanol–water partition coefficient (Wildman–Crippen LogP) is 3.70. The summed E-state index contributed by atoms with van der Waals surface area (Å²) in [5.41, 5.74) is 5.19. The molecule has 32 heavy (non-hydrogen) atoms. The largest absolute Gasteiger partial charge is 0.423 e. The minimum Gasteiger partial charge on any atom is -0.423 e. The zero-order valence-electron chi connectivity index (χ0n) is 17.3. The molecule has 3 aromatic rings. The Labute approximate surface area is 185 Å². The first-order valence-electron chi connectivity index (χ1n) is 9.76. The molecule has 3 rings (SSSR count). The molecule has 0 aromatic heterocycles. The highest BCUT2D eigenvalue weighted by Gasteiger charge is 2.12. The molecule has 7 heteroatoms. The number of carbonyl (C=O) groups is 3. The van der Waals surface area contributed by atoms with E-state index in [4.69, 9.17) is 4.74 Å². The van der Waals surface area contributed by atoms with Crippen molar-refractivity contribution in [3.05, 3.63) is 102 Å². The van der Waals surface area contributed by atoms with Crippen LogP contribution in [-0.4, -0.2) is 24.0 Å². The number of hydrazone groups is 1. The second kappa shape index (κ2) is 11.0. The number of esters is 1. The molecule has 160 valence electrons. The third kappa shape index (κ3) is 7.07. The van der Waals surface area contributed by atoms with Gasteiger partial charge in [-0.05, 0) is 66.1 Å². The molecule has 0 saturated heterocycles. The average molecular weight is 427 g/mol. The van der Waals surface area contributed by atoms with Gasteiger partial charge in [0.2, 0.25) is 0 Å². The van der Waals surface area contributed by atoms with Crippen LogP contribution in [0.4, 0.5) is 5.69 Å². The van der Waals surface area contributed by atoms with Gasteiger partial charge in [-0.1, -0.05) is 42.5 Å². The third-order valence-corrected chi connectivity index (χ3v) is 4.17. The fourth-order valence-electron chi connectivity index (χ4n) is 2.63. The van der Waals surface area contributed by atoms with Gasteiger partial charge in [-0.15, -0.1) is 0 Å². The predicted molar refractivity (Wildman–Crippen MR) is 123 cm³/mol. The fraction of sp³-hybridized carbons (Fsp3) is 0.0400. The van der Waals surface area contributed by atoms with Crippen LogP contribution in [0.15, 0.2) is 90.0 Å². The van der Waals surface area contributed by atoms with Crippen molar-refractivity contribution in [3.63, 3.8) is 0 Å². The fourth-order valence-corrected chi connectivity index (χ4v) is 2.63. The molecular weight excluding hydrogens is 406 g/mol. The van der Waals surface area contributed by atoms with E-state index in [-0.39, 0.29) is 0 Å². The standard InChI is InChI=1S/C25H21N3O4/c1-18-6-5-9-21(16-18)27-24(30)25(31)28-26-17-20-10-13-22(14-11-20)32-23(29)15-12-19-7-3-2-4-8-19/h2-17H,1H3,(H,27,30)(H,28,31)/b15-12+,26-17-. The molecule has 0 unspecified atom stereocenters. The first-order valence-corrected chi connectivity index (χ1v) is 9.76. The lowest BCUT2D eigenvalue weighted by atomic mass is 10.2. The Hall–Kier alpha value is -4.52. The van der Waals surface area contributed by atoms with Gasteiger partial charge in [0.25, 0.3) is 0 Å². The molecule has 0 aliphatic rings. The average Bonchev–Trinajstić information content (AvgIpc) is 2.79. The van der Waals surface area contributed by atoms with Gasteiger partial charge in [-0.3, -0.25) is 9.59 Å². The summed E-state index contributed by atoms with van der Waals surface area (Å²) < 4.78 is 5.24. The maximum atomic E-state index is 11.9. The number of ether oxygens (including phenoxy) is 1. The van der Waals surface area contributed by atoms with Gasteiger partial charge in [0, 0.05) is 11.8 Å². The lowest BCUT2D eigenvalue weighted by Gasteiger charge is -2.04. The van der Waals surface area contributed by atoms with Crippen LogP contribution in [0, 0.1) is 6.92 Å². The number of anilines is 1. The molecule has 0 spiro atoms. The Morgan fingerprint density at radius 1 is 0.844 bits per heavy atom. The van der Waals surface area contributed by atoms with Crippen molar-refractivity contribution >= 4 is 35.8 Å². The first-order chi connectivity index (χ1) is 15.5. The van der Waals surface area contributed by atoms with E-state index >= 15 is 0 Å². The molecule has 0 heterocycles. The summed E-state index contributed by atoms with van der Waals surface area (Å²) >= 11 is 0. The van der Waals surface area contributed by atoms with Crippen LogP contribution < -0.4 is 15.5 Å². The summed E-state index contributed by atoms with van der Waals surface area (Å²) in [6, 6.07) is 23.0. The number of aryl methyl sites for hydroxylation is 1. The molecular formula is C25H21N3O4. The van der Waals surface area contributed by atoms with Crippen molar-refractivity contribution in [2.24, 2.45) is 5.10 Å². The van der Waals surface area contributed by atoms with Crippen molar-refractivity contribution in [3.8, 4) is 5.75 Å². The number of benzene rings is 3. The molecule has 0 radical (unpaired) electrons. The Balaban J connectivity index is 1.47. The number of rotatable bonds is 6. The van der Waals surface area contributed by atoms with Gasteiger partial charge in [0.05, 0.1) is 6.21 Å². The van der Waals surface area contributed by atoms with Crippen LogP contribution in [0.2, 0.25) is 0 Å². The zero-order chi connectivity index (χ0) is 22.8. The van der Waals surface area contributed by atoms with E-state index in [0.717, 1.165) is 11.1 Å². The summed E-state index contributed by atoms with van der Waals surface area (Å²) in [4.78, 5) is 35.7. The quantitative estimate of drug-likeness (QED) is 0.157. The van der Waals surface area contributed by atoms with Crippen molar-refractivity contribution in [1.82, 2.24) is 5.43 Å². The molecule has 3 aromatic carbocycles. The Morgan fingerprint density at radius 3 is 2.31 bits per heavy atom. The van der Waals surface area contributed by atoms with Crippen LogP contribution >= 0.6 is 0 Å². The number of amides is 2. The molecule has 0 aliphatic carbocycles. The molecule has 2 amide bonds. The van der Waals surface area contributed by atoms with Gasteiger partial charge in [-0.2, -0.15) is 5.10 Å². The summed E-state index contributed by atoms with van der Waals surface area (Å²) in [5.74, 6) is -1.84. The molecule has 0 bridgehead atoms. The van der Waals surface area contributed by atoms with Gasteiger partial charge in [0.1, 0.15) is 5.75 Å². The molecule has 0 aliphatic heterocycles. The van der Waals surface area contributed by atoms with E-state index in [2.05, 4.69) is 15.8 Å². The third-order valence-electron chi connectivity index (χ3n) is 4.17. The van der Waals surface area contributed by atoms with Gasteiger partial charge in [0.15, 0.2) is 0 Å². The van der Waals surface area contributed by atoms with Gasteiger partial charge in [-0.25, -0.2) is 10.2 Å². The minimum absolute atomic E-state index is 0.367. The number of nitrogens with one attached hydrogen (secondary N) is 2. The van der Waals surface area contributed by atoms with Crippen molar-refractivity contribution in [1.29, 1.82) is 0 Å². The summed E-state index contributed by atoms with van der Waals surface area (Å²) in [6.45, 7) is 1.88. The number of carbonyl (C=O) groups excluding carboxylic acids is 3. The van der Waals surface area contributed by atoms with E-state index in [1.54, 1.807) is 48.5 Å². The number of nitrogens with zero attached hydrogens (tertiary/aromatic N) is 1. The lowest BCUT2D eigenvalue weighted by molar-refractivity contribution is -0.136. The second-order valence-corrected chi connectivity index (χ2v) is 6.76. The van der Waals surface area contributed by atoms with Crippen LogP contribution in [0.25, 0.3) is 6.08 Å². The maximum absolute atomic E-state index is 11.9. The van der Waals surface area contributed by atoms with Crippen molar-refractivity contribution in [2.75, 3.05) is 5.32 Å². The SMILES string of the molecule is Cc1cccc(NC(=O)C(=O)N/N=C\c2ccc(OC(=O)/C=C/c3ccccc3)cc2)c1. The monoisotopic (exact) mass is 427 g/mol. The van der Waals surface area contributed by atoms with Crippen molar-refractivity contribution in [2.45, 2.75) is 6.92 Å². The normalized spacial score (nSPS) is 10.8. The molecule has 2 N–H and O–H groups in total. The van der Waals surface area contributed by atoms with Crippen LogP contribution in [0.3, 0.4) is 0 Å². The first kappa shape index (κ1) is 22.2. The topological polar surface area (TPSA) is 96.9 Å². The minimum atomic E-state index is -0.890. The molecule has 0 fully saturated rings. The van der Waals surface area contributed by atoms with E-state index in [0.29, 0.717) is 17.0 Å². The zero-order valence-corrected chi connectivity index (χ0v) is 17.3. The maximum Gasteiger partial charge on any atom is 0.336 e. The van der Waals surface area contributed by atoms with Gasteiger partial charge >= 0.3 is 17.8 Å². The highest BCUT2D eigenvalue weighted by molar-refractivity contribution is 6.39. The summed E-state index contributed by atoms with van der Waals surface area (Å²) in [5, 5.41) is 6.27. The van der Waals surface area contributed by atoms with E-state index < -0.39 is 17.8 Å². The van der Waals surface area contributed by atoms with E-state index in [1.165, 1.54) is 12.3 Å². The Kier molecular flexibility index (Phi) is 7.64. The van der Waals surface area contributed by atoms with Gasteiger partial charge < -0.3 is 10.1 Å². The summed E-state index contributed by atoms with van der Waals surface area (Å²) in [7, 11) is 0. The molecule has 0 atom stereocenters. The van der Waals surface area contributed by atoms with Crippen LogP contribution in [-0.2, 0) is 14.4 Å².